The number of hydrogen-bond donors (Lipinski definition) is 2. The van der Waals surface area contributed by atoms with Crippen LogP contribution in [-0.2, 0) is 20.9 Å². The Balaban J connectivity index is 1.54. The van der Waals surface area contributed by atoms with E-state index in [4.69, 9.17) is 23.8 Å². The number of fused-ring (bicyclic) bond motifs is 2. The maximum absolute atomic E-state index is 14.4. The molecule has 1 amide bonds. The molecular formula is C45H55N3O10. The molecule has 3 aromatic carbocycles. The number of rotatable bonds is 20. The third-order valence-corrected chi connectivity index (χ3v) is 11.4. The van der Waals surface area contributed by atoms with Crippen molar-refractivity contribution < 1.29 is 43.7 Å². The van der Waals surface area contributed by atoms with E-state index in [-0.39, 0.29) is 56.3 Å². The number of aliphatic hydroxyl groups excluding tert-OH is 2. The van der Waals surface area contributed by atoms with Gasteiger partial charge >= 0.3 is 6.09 Å². The largest absolute Gasteiger partial charge is 0.459 e. The number of carbonyl (C=O) groups is 1. The fourth-order valence-electron chi connectivity index (χ4n) is 9.04. The normalized spacial score (nSPS) is 23.8. The zero-order valence-electron chi connectivity index (χ0n) is 33.4. The van der Waals surface area contributed by atoms with Gasteiger partial charge in [0.1, 0.15) is 37.0 Å². The first-order valence-corrected chi connectivity index (χ1v) is 20.3. The number of hydrogen-bond acceptors (Lipinski definition) is 11. The van der Waals surface area contributed by atoms with E-state index >= 15 is 0 Å². The maximum Gasteiger partial charge on any atom is 0.410 e. The van der Waals surface area contributed by atoms with E-state index in [9.17, 15) is 25.1 Å². The number of nitrogens with zero attached hydrogens (tertiary/aromatic N) is 3. The number of amides is 1. The first-order valence-electron chi connectivity index (χ1n) is 20.3. The van der Waals surface area contributed by atoms with Gasteiger partial charge in [0.05, 0.1) is 29.2 Å². The topological polar surface area (TPSA) is 162 Å². The Labute approximate surface area is 340 Å². The fourth-order valence-corrected chi connectivity index (χ4v) is 9.04. The Morgan fingerprint density at radius 2 is 1.79 bits per heavy atom. The van der Waals surface area contributed by atoms with Crippen LogP contribution in [0.3, 0.4) is 0 Å². The molecule has 0 bridgehead atoms. The van der Waals surface area contributed by atoms with E-state index in [0.29, 0.717) is 48.8 Å². The van der Waals surface area contributed by atoms with Crippen molar-refractivity contribution in [2.75, 3.05) is 33.5 Å². The molecule has 0 radical (unpaired) electrons. The highest BCUT2D eigenvalue weighted by atomic mass is 16.7. The van der Waals surface area contributed by atoms with Gasteiger partial charge < -0.3 is 34.0 Å². The molecule has 1 fully saturated rings. The minimum atomic E-state index is -1.43. The van der Waals surface area contributed by atoms with E-state index in [2.05, 4.69) is 17.8 Å². The predicted molar refractivity (Wildman–Crippen MR) is 219 cm³/mol. The smallest absolute Gasteiger partial charge is 0.410 e. The summed E-state index contributed by atoms with van der Waals surface area (Å²) in [6.45, 7) is 6.70. The Morgan fingerprint density at radius 1 is 1.03 bits per heavy atom. The second-order valence-electron chi connectivity index (χ2n) is 15.0. The number of ether oxygens (including phenoxy) is 4. The first-order chi connectivity index (χ1) is 28.3. The summed E-state index contributed by atoms with van der Waals surface area (Å²) in [7, 11) is 1.51. The molecule has 6 atom stereocenters. The predicted octanol–water partition coefficient (Wildman–Crippen LogP) is 8.70. The molecule has 0 saturated heterocycles. The van der Waals surface area contributed by atoms with Gasteiger partial charge in [-0.25, -0.2) is 4.79 Å². The summed E-state index contributed by atoms with van der Waals surface area (Å²) in [6, 6.07) is 20.4. The van der Waals surface area contributed by atoms with Gasteiger partial charge in [-0.3, -0.25) is 15.0 Å². The molecule has 1 saturated carbocycles. The summed E-state index contributed by atoms with van der Waals surface area (Å²) < 4.78 is 26.5. The summed E-state index contributed by atoms with van der Waals surface area (Å²) in [5.41, 5.74) is 3.22. The van der Waals surface area contributed by atoms with Crippen molar-refractivity contribution in [3.63, 3.8) is 0 Å². The molecule has 0 aromatic heterocycles. The third kappa shape index (κ3) is 9.22. The number of non-ortho nitro benzene ring substituents is 1. The number of unbranched alkanes of at least 4 members (excludes halogenated alkanes) is 2. The second kappa shape index (κ2) is 20.0. The Kier molecular flexibility index (Phi) is 14.6. The molecule has 3 aromatic rings. The SMILES string of the molecule is C=CCO[C@@]12Oc3ccc(Oc4cccc([N+](=O)[O-])c4)cc3[C@H]3[C@H](CCCCO)[C@@H](CCCCO)C=C(C(=NOC)C[C@@H]1N(CCC)C(=O)OCc1ccccc1)[C@H]32. The van der Waals surface area contributed by atoms with Gasteiger partial charge in [-0.2, -0.15) is 0 Å². The molecule has 13 nitrogen and oxygen atoms in total. The van der Waals surface area contributed by atoms with E-state index < -0.39 is 28.8 Å². The number of carbonyl (C=O) groups excluding carboxylic acids is 1. The lowest BCUT2D eigenvalue weighted by Crippen LogP contribution is -2.70. The molecule has 1 heterocycles. The third-order valence-electron chi connectivity index (χ3n) is 11.4. The summed E-state index contributed by atoms with van der Waals surface area (Å²) in [5, 5.41) is 35.9. The number of nitro benzene ring substituents is 1. The molecule has 3 aliphatic rings. The highest BCUT2D eigenvalue weighted by Crippen LogP contribution is 2.62. The van der Waals surface area contributed by atoms with Crippen LogP contribution in [0.25, 0.3) is 0 Å². The summed E-state index contributed by atoms with van der Waals surface area (Å²) in [6.07, 6.45) is 8.74. The van der Waals surface area contributed by atoms with Gasteiger partial charge in [-0.1, -0.05) is 73.5 Å². The zero-order chi connectivity index (χ0) is 41.1. The standard InChI is InChI=1S/C45H55N3O10/c1-4-22-47(44(51)55-30-31-14-7-6-8-15-31)41-29-39(46-54-3)37-26-32(16-9-11-23-49)36(19-10-12-24-50)42-38-28-35(57-34-18-13-17-33(27-34)48(52)53)20-21-40(38)58-45(41,43(37)42)56-25-5-2/h5-8,13-15,17-18,20-21,26-28,32,36,41-43,49-50H,2,4,9-12,16,19,22-25,29-30H2,1,3H3/t32-,36+,41-,42+,43+,45+/m0/s1. The fraction of sp³-hybridized carbons (Fsp3) is 0.467. The molecule has 0 unspecified atom stereocenters. The minimum Gasteiger partial charge on any atom is -0.459 e. The lowest BCUT2D eigenvalue weighted by atomic mass is 9.55. The molecule has 2 N–H and O–H groups in total. The van der Waals surface area contributed by atoms with Crippen molar-refractivity contribution in [2.24, 2.45) is 22.9 Å². The average Bonchev–Trinajstić information content (AvgIpc) is 3.23. The Hall–Kier alpha value is -5.24. The molecule has 0 spiro atoms. The second-order valence-corrected chi connectivity index (χ2v) is 15.0. The van der Waals surface area contributed by atoms with E-state index in [1.54, 1.807) is 29.2 Å². The number of aliphatic hydroxyl groups is 2. The van der Waals surface area contributed by atoms with E-state index in [0.717, 1.165) is 42.4 Å². The Bertz CT molecular complexity index is 1940. The Morgan fingerprint density at radius 3 is 2.50 bits per heavy atom. The van der Waals surface area contributed by atoms with Crippen LogP contribution in [0, 0.1) is 27.9 Å². The van der Waals surface area contributed by atoms with Gasteiger partial charge in [0.25, 0.3) is 5.69 Å². The van der Waals surface area contributed by atoms with Crippen molar-refractivity contribution in [1.82, 2.24) is 4.90 Å². The van der Waals surface area contributed by atoms with Crippen molar-refractivity contribution in [3.8, 4) is 17.2 Å². The van der Waals surface area contributed by atoms with Crippen LogP contribution < -0.4 is 9.47 Å². The summed E-state index contributed by atoms with van der Waals surface area (Å²) >= 11 is 0. The summed E-state index contributed by atoms with van der Waals surface area (Å²) in [5.74, 6) is -0.801. The van der Waals surface area contributed by atoms with Crippen LogP contribution >= 0.6 is 0 Å². The van der Waals surface area contributed by atoms with Crippen molar-refractivity contribution in [1.29, 1.82) is 0 Å². The number of benzene rings is 3. The zero-order valence-corrected chi connectivity index (χ0v) is 33.4. The van der Waals surface area contributed by atoms with Gasteiger partial charge in [-0.05, 0) is 79.3 Å². The molecule has 13 heteroatoms. The number of nitro groups is 1. The van der Waals surface area contributed by atoms with Gasteiger partial charge in [0, 0.05) is 43.7 Å². The molecule has 2 aliphatic carbocycles. The molecule has 1 aliphatic heterocycles. The number of allylic oxidation sites excluding steroid dienone is 1. The molecule has 58 heavy (non-hydrogen) atoms. The number of oxime groups is 1. The van der Waals surface area contributed by atoms with E-state index in [1.807, 2.05) is 49.4 Å². The average molecular weight is 798 g/mol. The van der Waals surface area contributed by atoms with E-state index in [1.165, 1.54) is 19.2 Å². The molecular weight excluding hydrogens is 743 g/mol. The van der Waals surface area contributed by atoms with Crippen LogP contribution in [-0.4, -0.2) is 77.1 Å². The van der Waals surface area contributed by atoms with Crippen LogP contribution in [0.1, 0.15) is 75.3 Å². The van der Waals surface area contributed by atoms with Crippen molar-refractivity contribution >= 4 is 17.5 Å². The van der Waals surface area contributed by atoms with Crippen LogP contribution in [0.15, 0.2) is 102 Å². The minimum absolute atomic E-state index is 0.00798. The monoisotopic (exact) mass is 797 g/mol. The van der Waals surface area contributed by atoms with Crippen LogP contribution in [0.5, 0.6) is 17.2 Å². The van der Waals surface area contributed by atoms with Crippen molar-refractivity contribution in [2.45, 2.75) is 82.6 Å². The van der Waals surface area contributed by atoms with Gasteiger partial charge in [0.15, 0.2) is 0 Å². The van der Waals surface area contributed by atoms with Crippen molar-refractivity contribution in [3.05, 3.63) is 118 Å². The lowest BCUT2D eigenvalue weighted by molar-refractivity contribution is -0.384. The highest BCUT2D eigenvalue weighted by Gasteiger charge is 2.65. The van der Waals surface area contributed by atoms with Gasteiger partial charge in [-0.15, -0.1) is 6.58 Å². The lowest BCUT2D eigenvalue weighted by Gasteiger charge is -2.59. The first kappa shape index (κ1) is 42.4. The van der Waals surface area contributed by atoms with Gasteiger partial charge in [0.2, 0.25) is 5.79 Å². The van der Waals surface area contributed by atoms with Crippen LogP contribution in [0.2, 0.25) is 0 Å². The molecule has 6 rings (SSSR count). The van der Waals surface area contributed by atoms with Crippen LogP contribution in [0.4, 0.5) is 10.5 Å². The maximum atomic E-state index is 14.4. The summed E-state index contributed by atoms with van der Waals surface area (Å²) in [4.78, 5) is 32.7. The quantitative estimate of drug-likeness (QED) is 0.0490. The highest BCUT2D eigenvalue weighted by molar-refractivity contribution is 6.03. The molecule has 310 valence electrons.